The van der Waals surface area contributed by atoms with Crippen molar-refractivity contribution in [2.45, 2.75) is 46.2 Å². The van der Waals surface area contributed by atoms with Gasteiger partial charge in [0.15, 0.2) is 5.78 Å². The summed E-state index contributed by atoms with van der Waals surface area (Å²) in [5.74, 6) is -1.06. The number of rotatable bonds is 13. The second-order valence-corrected chi connectivity index (χ2v) is 11.7. The fourth-order valence-electron chi connectivity index (χ4n) is 4.38. The molecule has 1 atom stereocenters. The molecule has 0 saturated carbocycles. The van der Waals surface area contributed by atoms with Crippen LogP contribution in [0.5, 0.6) is 0 Å². The predicted molar refractivity (Wildman–Crippen MR) is 158 cm³/mol. The molecule has 2 amide bonds. The molecule has 40 heavy (non-hydrogen) atoms. The summed E-state index contributed by atoms with van der Waals surface area (Å²) in [5.41, 5.74) is 3.20. The van der Waals surface area contributed by atoms with Crippen LogP contribution in [0.1, 0.15) is 47.3 Å². The zero-order chi connectivity index (χ0) is 29.3. The van der Waals surface area contributed by atoms with E-state index in [2.05, 4.69) is 5.32 Å². The molecule has 3 rings (SSSR count). The molecule has 9 heteroatoms. The number of Topliss-reactive ketones (excluding diaryl/α,β-unsaturated/α-hetero) is 1. The number of hydrogen-bond acceptors (Lipinski definition) is 5. The van der Waals surface area contributed by atoms with Crippen molar-refractivity contribution in [3.63, 3.8) is 0 Å². The molecule has 0 spiro atoms. The van der Waals surface area contributed by atoms with Gasteiger partial charge in [0.05, 0.1) is 11.9 Å². The number of carbonyl (C=O) groups excluding carboxylic acids is 3. The third-order valence-electron chi connectivity index (χ3n) is 6.64. The molecule has 1 N–H and O–H groups in total. The van der Waals surface area contributed by atoms with Crippen LogP contribution in [-0.4, -0.2) is 56.3 Å². The highest BCUT2D eigenvalue weighted by molar-refractivity contribution is 7.92. The maximum atomic E-state index is 14.1. The van der Waals surface area contributed by atoms with E-state index in [-0.39, 0.29) is 30.3 Å². The molecule has 0 heterocycles. The maximum Gasteiger partial charge on any atom is 0.244 e. The Hall–Kier alpha value is -3.98. The predicted octanol–water partition coefficient (Wildman–Crippen LogP) is 4.13. The van der Waals surface area contributed by atoms with Crippen LogP contribution in [0.3, 0.4) is 0 Å². The highest BCUT2D eigenvalue weighted by Gasteiger charge is 2.33. The molecular weight excluding hydrogens is 526 g/mol. The van der Waals surface area contributed by atoms with Crippen molar-refractivity contribution in [1.82, 2.24) is 10.2 Å². The first kappa shape index (κ1) is 30.6. The standard InChI is InChI=1S/C31H37N3O5S/c1-5-18-32-31(37)29(19-25-13-7-6-8-14-25)33(21-27-15-10-9-12-23(27)2)30(36)22-34(40(4,38)39)28-17-11-16-26(20-28)24(3)35/h6-17,20,29H,5,18-19,21-22H2,1-4H3,(H,32,37)/t29-/m1/s1. The lowest BCUT2D eigenvalue weighted by atomic mass is 10.0. The Balaban J connectivity index is 2.07. The monoisotopic (exact) mass is 563 g/mol. The van der Waals surface area contributed by atoms with E-state index in [9.17, 15) is 22.8 Å². The Morgan fingerprint density at radius 2 is 1.60 bits per heavy atom. The van der Waals surface area contributed by atoms with Gasteiger partial charge in [-0.3, -0.25) is 18.7 Å². The lowest BCUT2D eigenvalue weighted by Crippen LogP contribution is -2.53. The molecule has 0 aliphatic carbocycles. The average Bonchev–Trinajstić information content (AvgIpc) is 2.93. The van der Waals surface area contributed by atoms with E-state index in [1.165, 1.54) is 17.9 Å². The first-order valence-electron chi connectivity index (χ1n) is 13.3. The topological polar surface area (TPSA) is 104 Å². The number of anilines is 1. The van der Waals surface area contributed by atoms with Crippen molar-refractivity contribution in [2.24, 2.45) is 0 Å². The number of ketones is 1. The first-order chi connectivity index (χ1) is 19.0. The Labute approximate surface area is 237 Å². The van der Waals surface area contributed by atoms with Crippen LogP contribution in [0.2, 0.25) is 0 Å². The van der Waals surface area contributed by atoms with Crippen LogP contribution in [0.25, 0.3) is 0 Å². The van der Waals surface area contributed by atoms with E-state index in [0.29, 0.717) is 12.1 Å². The van der Waals surface area contributed by atoms with Crippen molar-refractivity contribution in [2.75, 3.05) is 23.7 Å². The summed E-state index contributed by atoms with van der Waals surface area (Å²) in [6, 6.07) is 22.3. The number of amides is 2. The summed E-state index contributed by atoms with van der Waals surface area (Å²) < 4.78 is 26.8. The molecule has 0 radical (unpaired) electrons. The molecular formula is C31H37N3O5S. The molecule has 0 unspecified atom stereocenters. The van der Waals surface area contributed by atoms with Crippen molar-refractivity contribution in [1.29, 1.82) is 0 Å². The fourth-order valence-corrected chi connectivity index (χ4v) is 5.23. The van der Waals surface area contributed by atoms with Gasteiger partial charge < -0.3 is 10.2 Å². The smallest absolute Gasteiger partial charge is 0.244 e. The lowest BCUT2D eigenvalue weighted by Gasteiger charge is -2.34. The number of benzene rings is 3. The molecule has 8 nitrogen and oxygen atoms in total. The quantitative estimate of drug-likeness (QED) is 0.315. The minimum Gasteiger partial charge on any atom is -0.354 e. The number of carbonyl (C=O) groups is 3. The normalized spacial score (nSPS) is 11.9. The van der Waals surface area contributed by atoms with E-state index in [4.69, 9.17) is 0 Å². The molecule has 0 aliphatic heterocycles. The van der Waals surface area contributed by atoms with Crippen LogP contribution in [-0.2, 0) is 32.6 Å². The summed E-state index contributed by atoms with van der Waals surface area (Å²) in [6.07, 6.45) is 2.00. The van der Waals surface area contributed by atoms with Crippen LogP contribution in [0.15, 0.2) is 78.9 Å². The Bertz CT molecular complexity index is 1440. The molecule has 0 aliphatic rings. The van der Waals surface area contributed by atoms with Gasteiger partial charge in [-0.2, -0.15) is 0 Å². The molecule has 0 fully saturated rings. The third kappa shape index (κ3) is 8.26. The molecule has 212 valence electrons. The van der Waals surface area contributed by atoms with Gasteiger partial charge in [0.2, 0.25) is 21.8 Å². The summed E-state index contributed by atoms with van der Waals surface area (Å²) in [7, 11) is -3.92. The molecule has 3 aromatic carbocycles. The minimum absolute atomic E-state index is 0.119. The SMILES string of the molecule is CCCNC(=O)[C@@H](Cc1ccccc1)N(Cc1ccccc1C)C(=O)CN(c1cccc(C(C)=O)c1)S(C)(=O)=O. The largest absolute Gasteiger partial charge is 0.354 e. The maximum absolute atomic E-state index is 14.1. The van der Waals surface area contributed by atoms with Gasteiger partial charge >= 0.3 is 0 Å². The van der Waals surface area contributed by atoms with Crippen molar-refractivity contribution in [3.8, 4) is 0 Å². The number of sulfonamides is 1. The third-order valence-corrected chi connectivity index (χ3v) is 7.78. The summed E-state index contributed by atoms with van der Waals surface area (Å²) >= 11 is 0. The van der Waals surface area contributed by atoms with E-state index in [1.807, 2.05) is 68.4 Å². The van der Waals surface area contributed by atoms with Crippen molar-refractivity contribution >= 4 is 33.3 Å². The van der Waals surface area contributed by atoms with Gasteiger partial charge in [0.1, 0.15) is 12.6 Å². The summed E-state index contributed by atoms with van der Waals surface area (Å²) in [4.78, 5) is 41.1. The molecule has 0 aromatic heterocycles. The van der Waals surface area contributed by atoms with Crippen LogP contribution in [0, 0.1) is 6.92 Å². The van der Waals surface area contributed by atoms with E-state index >= 15 is 0 Å². The van der Waals surface area contributed by atoms with Crippen LogP contribution < -0.4 is 9.62 Å². The van der Waals surface area contributed by atoms with Gasteiger partial charge in [0, 0.05) is 25.1 Å². The minimum atomic E-state index is -3.92. The number of nitrogens with zero attached hydrogens (tertiary/aromatic N) is 2. The van der Waals surface area contributed by atoms with Gasteiger partial charge in [-0.25, -0.2) is 8.42 Å². The fraction of sp³-hybridized carbons (Fsp3) is 0.323. The number of hydrogen-bond donors (Lipinski definition) is 1. The highest BCUT2D eigenvalue weighted by atomic mass is 32.2. The molecule has 3 aromatic rings. The van der Waals surface area contributed by atoms with Crippen molar-refractivity contribution in [3.05, 3.63) is 101 Å². The van der Waals surface area contributed by atoms with Crippen LogP contribution >= 0.6 is 0 Å². The zero-order valence-electron chi connectivity index (χ0n) is 23.5. The van der Waals surface area contributed by atoms with Gasteiger partial charge in [-0.15, -0.1) is 0 Å². The second kappa shape index (κ2) is 13.9. The van der Waals surface area contributed by atoms with Crippen LogP contribution in [0.4, 0.5) is 5.69 Å². The Morgan fingerprint density at radius 3 is 2.23 bits per heavy atom. The van der Waals surface area contributed by atoms with Gasteiger partial charge in [-0.05, 0) is 49.1 Å². The average molecular weight is 564 g/mol. The lowest BCUT2D eigenvalue weighted by molar-refractivity contribution is -0.140. The van der Waals surface area contributed by atoms with E-state index in [0.717, 1.165) is 33.7 Å². The highest BCUT2D eigenvalue weighted by Crippen LogP contribution is 2.22. The summed E-state index contributed by atoms with van der Waals surface area (Å²) in [6.45, 7) is 5.30. The zero-order valence-corrected chi connectivity index (χ0v) is 24.3. The van der Waals surface area contributed by atoms with Gasteiger partial charge in [0.25, 0.3) is 0 Å². The van der Waals surface area contributed by atoms with Gasteiger partial charge in [-0.1, -0.05) is 73.7 Å². The second-order valence-electron chi connectivity index (χ2n) is 9.82. The van der Waals surface area contributed by atoms with E-state index < -0.39 is 28.5 Å². The molecule has 0 saturated heterocycles. The Morgan fingerprint density at radius 1 is 0.925 bits per heavy atom. The number of aryl methyl sites for hydroxylation is 1. The van der Waals surface area contributed by atoms with Crippen molar-refractivity contribution < 1.29 is 22.8 Å². The first-order valence-corrected chi connectivity index (χ1v) is 15.1. The summed E-state index contributed by atoms with van der Waals surface area (Å²) in [5, 5.41) is 2.92. The number of nitrogens with one attached hydrogen (secondary N) is 1. The van der Waals surface area contributed by atoms with E-state index in [1.54, 1.807) is 18.2 Å². The Kier molecular flexibility index (Phi) is 10.6. The molecule has 0 bridgehead atoms.